The molecule has 0 radical (unpaired) electrons. The molecule has 0 aromatic heterocycles. The zero-order valence-electron chi connectivity index (χ0n) is 7.21. The quantitative estimate of drug-likeness (QED) is 0.569. The van der Waals surface area contributed by atoms with Crippen molar-refractivity contribution in [2.75, 3.05) is 0 Å². The molecule has 1 atom stereocenters. The fraction of sp³-hybridized carbons (Fsp3) is 0.364. The second-order valence-corrected chi connectivity index (χ2v) is 3.39. The molecule has 1 nitrogen and oxygen atoms in total. The predicted octanol–water partition coefficient (Wildman–Crippen LogP) is 2.31. The van der Waals surface area contributed by atoms with Gasteiger partial charge in [-0.3, -0.25) is 4.79 Å². The van der Waals surface area contributed by atoms with Gasteiger partial charge in [0.15, 0.2) is 0 Å². The molecule has 1 aliphatic rings. The first-order chi connectivity index (χ1) is 5.79. The van der Waals surface area contributed by atoms with Crippen LogP contribution < -0.4 is 0 Å². The van der Waals surface area contributed by atoms with Crippen LogP contribution in [0.2, 0.25) is 0 Å². The molecule has 0 saturated heterocycles. The highest BCUT2D eigenvalue weighted by Crippen LogP contribution is 2.27. The van der Waals surface area contributed by atoms with Crippen LogP contribution in [-0.4, -0.2) is 5.78 Å². The van der Waals surface area contributed by atoms with Gasteiger partial charge in [-0.1, -0.05) is 31.2 Å². The summed E-state index contributed by atoms with van der Waals surface area (Å²) in [4.78, 5) is 11.4. The van der Waals surface area contributed by atoms with Gasteiger partial charge in [-0.15, -0.1) is 0 Å². The van der Waals surface area contributed by atoms with E-state index in [0.29, 0.717) is 5.78 Å². The zero-order chi connectivity index (χ0) is 8.55. The SMILES string of the molecule is C[C@@H]1C(=O)CCc2ccccc21. The van der Waals surface area contributed by atoms with E-state index in [0.717, 1.165) is 12.8 Å². The highest BCUT2D eigenvalue weighted by molar-refractivity contribution is 5.87. The van der Waals surface area contributed by atoms with Gasteiger partial charge in [-0.2, -0.15) is 0 Å². The maximum atomic E-state index is 11.4. The Bertz CT molecular complexity index is 315. The van der Waals surface area contributed by atoms with Gasteiger partial charge in [0.25, 0.3) is 0 Å². The molecular weight excluding hydrogens is 148 g/mol. The van der Waals surface area contributed by atoms with E-state index in [2.05, 4.69) is 12.1 Å². The zero-order valence-corrected chi connectivity index (χ0v) is 7.21. The molecular formula is C11H12O. The number of Topliss-reactive ketones (excluding diaryl/α,β-unsaturated/α-hetero) is 1. The van der Waals surface area contributed by atoms with Crippen molar-refractivity contribution in [2.45, 2.75) is 25.7 Å². The van der Waals surface area contributed by atoms with Crippen molar-refractivity contribution in [1.29, 1.82) is 0 Å². The number of fused-ring (bicyclic) bond motifs is 1. The first-order valence-electron chi connectivity index (χ1n) is 4.39. The van der Waals surface area contributed by atoms with Gasteiger partial charge in [-0.05, 0) is 17.5 Å². The summed E-state index contributed by atoms with van der Waals surface area (Å²) in [6.07, 6.45) is 1.65. The molecule has 0 heterocycles. The fourth-order valence-corrected chi connectivity index (χ4v) is 1.83. The Morgan fingerprint density at radius 1 is 1.25 bits per heavy atom. The summed E-state index contributed by atoms with van der Waals surface area (Å²) in [5.74, 6) is 0.503. The number of hydrogen-bond acceptors (Lipinski definition) is 1. The van der Waals surface area contributed by atoms with Crippen LogP contribution in [0.3, 0.4) is 0 Å². The van der Waals surface area contributed by atoms with Crippen LogP contribution in [0.4, 0.5) is 0 Å². The van der Waals surface area contributed by atoms with Gasteiger partial charge < -0.3 is 0 Å². The van der Waals surface area contributed by atoms with Crippen LogP contribution >= 0.6 is 0 Å². The van der Waals surface area contributed by atoms with Gasteiger partial charge in [0.2, 0.25) is 0 Å². The van der Waals surface area contributed by atoms with Gasteiger partial charge >= 0.3 is 0 Å². The average Bonchev–Trinajstić information content (AvgIpc) is 2.12. The molecule has 0 unspecified atom stereocenters. The van der Waals surface area contributed by atoms with E-state index in [1.165, 1.54) is 11.1 Å². The molecule has 12 heavy (non-hydrogen) atoms. The molecule has 1 aromatic carbocycles. The molecule has 1 aliphatic carbocycles. The lowest BCUT2D eigenvalue weighted by Gasteiger charge is -2.20. The molecule has 62 valence electrons. The van der Waals surface area contributed by atoms with Crippen LogP contribution in [0.1, 0.15) is 30.4 Å². The number of carbonyl (C=O) groups excluding carboxylic acids is 1. The van der Waals surface area contributed by atoms with Gasteiger partial charge in [0.05, 0.1) is 0 Å². The molecule has 0 saturated carbocycles. The minimum Gasteiger partial charge on any atom is -0.299 e. The molecule has 0 aliphatic heterocycles. The number of aryl methyl sites for hydroxylation is 1. The van der Waals surface area contributed by atoms with E-state index < -0.39 is 0 Å². The Balaban J connectivity index is 2.48. The second kappa shape index (κ2) is 2.74. The number of benzene rings is 1. The van der Waals surface area contributed by atoms with Crippen molar-refractivity contribution < 1.29 is 4.79 Å². The summed E-state index contributed by atoms with van der Waals surface area (Å²) >= 11 is 0. The first kappa shape index (κ1) is 7.53. The molecule has 0 fully saturated rings. The van der Waals surface area contributed by atoms with Crippen LogP contribution in [0.25, 0.3) is 0 Å². The standard InChI is InChI=1S/C11H12O/c1-8-10-5-3-2-4-9(10)6-7-11(8)12/h2-5,8H,6-7H2,1H3/t8-/m0/s1. The van der Waals surface area contributed by atoms with Gasteiger partial charge in [0, 0.05) is 12.3 Å². The Labute approximate surface area is 72.4 Å². The maximum Gasteiger partial charge on any atom is 0.140 e. The number of rotatable bonds is 0. The molecule has 1 aromatic rings. The lowest BCUT2D eigenvalue weighted by molar-refractivity contribution is -0.120. The highest BCUT2D eigenvalue weighted by Gasteiger charge is 2.22. The summed E-state index contributed by atoms with van der Waals surface area (Å²) < 4.78 is 0. The van der Waals surface area contributed by atoms with E-state index in [1.807, 2.05) is 19.1 Å². The normalized spacial score (nSPS) is 22.1. The minimum absolute atomic E-state index is 0.120. The Kier molecular flexibility index (Phi) is 1.72. The molecule has 0 amide bonds. The smallest absolute Gasteiger partial charge is 0.140 e. The second-order valence-electron chi connectivity index (χ2n) is 3.39. The molecule has 1 heteroatoms. The lowest BCUT2D eigenvalue weighted by Crippen LogP contribution is -2.17. The Morgan fingerprint density at radius 2 is 2.00 bits per heavy atom. The number of ketones is 1. The minimum atomic E-state index is 0.120. The number of carbonyl (C=O) groups is 1. The van der Waals surface area contributed by atoms with Gasteiger partial charge in [-0.25, -0.2) is 0 Å². The molecule has 0 spiro atoms. The predicted molar refractivity (Wildman–Crippen MR) is 48.2 cm³/mol. The van der Waals surface area contributed by atoms with Gasteiger partial charge in [0.1, 0.15) is 5.78 Å². The third-order valence-corrected chi connectivity index (χ3v) is 2.65. The van der Waals surface area contributed by atoms with E-state index >= 15 is 0 Å². The van der Waals surface area contributed by atoms with E-state index in [4.69, 9.17) is 0 Å². The number of hydrogen-bond donors (Lipinski definition) is 0. The summed E-state index contributed by atoms with van der Waals surface area (Å²) in [6, 6.07) is 8.24. The van der Waals surface area contributed by atoms with Crippen molar-refractivity contribution >= 4 is 5.78 Å². The third-order valence-electron chi connectivity index (χ3n) is 2.65. The Morgan fingerprint density at radius 3 is 2.83 bits per heavy atom. The van der Waals surface area contributed by atoms with Crippen LogP contribution in [0.15, 0.2) is 24.3 Å². The molecule has 2 rings (SSSR count). The summed E-state index contributed by atoms with van der Waals surface area (Å²) in [6.45, 7) is 2.00. The van der Waals surface area contributed by atoms with E-state index in [1.54, 1.807) is 0 Å². The van der Waals surface area contributed by atoms with E-state index in [-0.39, 0.29) is 5.92 Å². The van der Waals surface area contributed by atoms with E-state index in [9.17, 15) is 4.79 Å². The van der Waals surface area contributed by atoms with Crippen molar-refractivity contribution in [2.24, 2.45) is 0 Å². The fourth-order valence-electron chi connectivity index (χ4n) is 1.83. The van der Waals surface area contributed by atoms with Crippen molar-refractivity contribution in [1.82, 2.24) is 0 Å². The summed E-state index contributed by atoms with van der Waals surface area (Å²) in [5, 5.41) is 0. The molecule has 0 bridgehead atoms. The third kappa shape index (κ3) is 1.06. The van der Waals surface area contributed by atoms with Crippen molar-refractivity contribution in [3.8, 4) is 0 Å². The first-order valence-corrected chi connectivity index (χ1v) is 4.39. The maximum absolute atomic E-state index is 11.4. The molecule has 0 N–H and O–H groups in total. The van der Waals surface area contributed by atoms with Crippen molar-refractivity contribution in [3.05, 3.63) is 35.4 Å². The van der Waals surface area contributed by atoms with Crippen LogP contribution in [0.5, 0.6) is 0 Å². The largest absolute Gasteiger partial charge is 0.299 e. The van der Waals surface area contributed by atoms with Crippen LogP contribution in [0, 0.1) is 0 Å². The summed E-state index contributed by atoms with van der Waals surface area (Å²) in [7, 11) is 0. The lowest BCUT2D eigenvalue weighted by atomic mass is 9.83. The van der Waals surface area contributed by atoms with Crippen LogP contribution in [-0.2, 0) is 11.2 Å². The monoisotopic (exact) mass is 160 g/mol. The highest BCUT2D eigenvalue weighted by atomic mass is 16.1. The average molecular weight is 160 g/mol. The Hall–Kier alpha value is -1.11. The van der Waals surface area contributed by atoms with Crippen molar-refractivity contribution in [3.63, 3.8) is 0 Å². The topological polar surface area (TPSA) is 17.1 Å². The summed E-state index contributed by atoms with van der Waals surface area (Å²) in [5.41, 5.74) is 2.58.